The lowest BCUT2D eigenvalue weighted by Crippen LogP contribution is -2.49. The van der Waals surface area contributed by atoms with Crippen molar-refractivity contribution in [3.05, 3.63) is 35.9 Å². The van der Waals surface area contributed by atoms with E-state index in [0.29, 0.717) is 5.54 Å². The molecule has 0 spiro atoms. The maximum atomic E-state index is 9.66. The molecule has 1 saturated carbocycles. The van der Waals surface area contributed by atoms with Crippen LogP contribution in [0, 0.1) is 0 Å². The summed E-state index contributed by atoms with van der Waals surface area (Å²) in [5, 5.41) is 5.23. The van der Waals surface area contributed by atoms with Crippen LogP contribution in [0.25, 0.3) is 0 Å². The Balaban J connectivity index is 0.000000260. The van der Waals surface area contributed by atoms with E-state index in [2.05, 4.69) is 56.9 Å². The van der Waals surface area contributed by atoms with E-state index in [9.17, 15) is 9.59 Å². The highest BCUT2D eigenvalue weighted by molar-refractivity contribution is 5.77. The number of carbonyl (C=O) groups is 2. The summed E-state index contributed by atoms with van der Waals surface area (Å²) in [6, 6.07) is 9.23. The third-order valence-electron chi connectivity index (χ3n) is 5.20. The van der Waals surface area contributed by atoms with Crippen LogP contribution in [0.1, 0.15) is 56.9 Å². The Labute approximate surface area is 154 Å². The van der Waals surface area contributed by atoms with Crippen molar-refractivity contribution < 1.29 is 9.59 Å². The summed E-state index contributed by atoms with van der Waals surface area (Å²) >= 11 is 0. The number of nitrogens with zero attached hydrogens (tertiary/aromatic N) is 3. The molecule has 1 aliphatic heterocycles. The molecule has 1 aliphatic carbocycles. The van der Waals surface area contributed by atoms with Gasteiger partial charge in [0.25, 0.3) is 0 Å². The van der Waals surface area contributed by atoms with Gasteiger partial charge < -0.3 is 11.5 Å². The fourth-order valence-electron chi connectivity index (χ4n) is 4.09. The normalized spacial score (nSPS) is 20.2. The van der Waals surface area contributed by atoms with Gasteiger partial charge in [0.05, 0.1) is 0 Å². The molecule has 1 saturated heterocycles. The lowest BCUT2D eigenvalue weighted by molar-refractivity contribution is 0.0303. The fourth-order valence-corrected chi connectivity index (χ4v) is 4.09. The maximum Gasteiger partial charge on any atom is 0.357 e. The number of nitrogens with two attached hydrogens (primary N) is 2. The predicted molar refractivity (Wildman–Crippen MR) is 101 cm³/mol. The Morgan fingerprint density at radius 1 is 0.808 bits per heavy atom. The second-order valence-electron chi connectivity index (χ2n) is 6.88. The quantitative estimate of drug-likeness (QED) is 0.780. The second kappa shape index (κ2) is 10.0. The molecule has 1 aromatic rings. The Bertz CT molecular complexity index is 590. The van der Waals surface area contributed by atoms with E-state index in [1.807, 2.05) is 0 Å². The van der Waals surface area contributed by atoms with Crippen LogP contribution in [0.4, 0.5) is 9.59 Å². The standard InChI is InChI=1S/C17H25N.C2H4N4O2/c1-4-10-16(11-5-1)17(12-6-2-7-13-17)18-14-8-3-9-15-18;3-1(7)5-6-2(4)8/h1,4-5,10-11H,2-3,6-9,12-15H2;(H2,3,7)(H2,4,8)/b;6-5+. The number of amides is 4. The monoisotopic (exact) mass is 359 g/mol. The maximum absolute atomic E-state index is 9.66. The first-order valence-corrected chi connectivity index (χ1v) is 9.36. The van der Waals surface area contributed by atoms with Crippen molar-refractivity contribution in [2.45, 2.75) is 56.9 Å². The lowest BCUT2D eigenvalue weighted by atomic mass is 9.74. The van der Waals surface area contributed by atoms with Gasteiger partial charge in [-0.25, -0.2) is 9.59 Å². The Kier molecular flexibility index (Phi) is 7.72. The lowest BCUT2D eigenvalue weighted by Gasteiger charge is -2.48. The van der Waals surface area contributed by atoms with Gasteiger partial charge in [0, 0.05) is 5.54 Å². The zero-order chi connectivity index (χ0) is 18.8. The summed E-state index contributed by atoms with van der Waals surface area (Å²) in [6.45, 7) is 2.63. The summed E-state index contributed by atoms with van der Waals surface area (Å²) in [5.41, 5.74) is 10.8. The van der Waals surface area contributed by atoms with E-state index in [-0.39, 0.29) is 0 Å². The summed E-state index contributed by atoms with van der Waals surface area (Å²) in [7, 11) is 0. The van der Waals surface area contributed by atoms with Crippen LogP contribution in [0.2, 0.25) is 0 Å². The zero-order valence-corrected chi connectivity index (χ0v) is 15.3. The van der Waals surface area contributed by atoms with Gasteiger partial charge in [-0.2, -0.15) is 0 Å². The van der Waals surface area contributed by atoms with Gasteiger partial charge in [-0.15, -0.1) is 0 Å². The molecule has 26 heavy (non-hydrogen) atoms. The molecule has 1 aromatic carbocycles. The molecular weight excluding hydrogens is 330 g/mol. The van der Waals surface area contributed by atoms with Gasteiger partial charge in [-0.1, -0.05) is 66.2 Å². The summed E-state index contributed by atoms with van der Waals surface area (Å²) in [6.07, 6.45) is 11.2. The van der Waals surface area contributed by atoms with E-state index in [4.69, 9.17) is 0 Å². The highest BCUT2D eigenvalue weighted by Crippen LogP contribution is 2.43. The van der Waals surface area contributed by atoms with Crippen LogP contribution < -0.4 is 11.5 Å². The van der Waals surface area contributed by atoms with Crippen molar-refractivity contribution >= 4 is 12.1 Å². The number of carbonyl (C=O) groups excluding carboxylic acids is 2. The number of urea groups is 2. The summed E-state index contributed by atoms with van der Waals surface area (Å²) < 4.78 is 0. The number of azo groups is 1. The Morgan fingerprint density at radius 2 is 1.31 bits per heavy atom. The number of hydrogen-bond acceptors (Lipinski definition) is 3. The van der Waals surface area contributed by atoms with Gasteiger partial charge in [0.1, 0.15) is 0 Å². The number of hydrogen-bond donors (Lipinski definition) is 2. The molecule has 2 aliphatic rings. The first-order chi connectivity index (χ1) is 12.5. The molecule has 0 atom stereocenters. The SMILES string of the molecule is NC(=O)/N=N/C(N)=O.c1ccc(C2(N3CCCCC3)CCCCC2)cc1. The van der Waals surface area contributed by atoms with Crippen LogP contribution in [-0.4, -0.2) is 30.1 Å². The van der Waals surface area contributed by atoms with Crippen molar-refractivity contribution in [1.29, 1.82) is 0 Å². The van der Waals surface area contributed by atoms with Crippen molar-refractivity contribution in [3.8, 4) is 0 Å². The number of benzene rings is 1. The molecule has 0 unspecified atom stereocenters. The van der Waals surface area contributed by atoms with Crippen LogP contribution >= 0.6 is 0 Å². The average Bonchev–Trinajstić information content (AvgIpc) is 2.69. The van der Waals surface area contributed by atoms with E-state index < -0.39 is 12.1 Å². The molecule has 2 fully saturated rings. The average molecular weight is 359 g/mol. The first-order valence-electron chi connectivity index (χ1n) is 9.36. The highest BCUT2D eigenvalue weighted by Gasteiger charge is 2.39. The molecule has 4 amide bonds. The molecule has 0 bridgehead atoms. The van der Waals surface area contributed by atoms with E-state index >= 15 is 0 Å². The molecule has 7 nitrogen and oxygen atoms in total. The van der Waals surface area contributed by atoms with Gasteiger partial charge >= 0.3 is 12.1 Å². The number of rotatable bonds is 2. The molecule has 4 N–H and O–H groups in total. The molecular formula is C19H29N5O2. The van der Waals surface area contributed by atoms with Crippen LogP contribution in [0.15, 0.2) is 40.6 Å². The third-order valence-corrected chi connectivity index (χ3v) is 5.20. The number of primary amides is 2. The molecule has 7 heteroatoms. The van der Waals surface area contributed by atoms with Crippen molar-refractivity contribution in [1.82, 2.24) is 4.90 Å². The molecule has 3 rings (SSSR count). The second-order valence-corrected chi connectivity index (χ2v) is 6.88. The Morgan fingerprint density at radius 3 is 1.81 bits per heavy atom. The third kappa shape index (κ3) is 5.62. The highest BCUT2D eigenvalue weighted by atomic mass is 16.2. The number of piperidine rings is 1. The minimum absolute atomic E-state index is 0.375. The van der Waals surface area contributed by atoms with Crippen molar-refractivity contribution in [2.24, 2.45) is 21.7 Å². The van der Waals surface area contributed by atoms with Crippen molar-refractivity contribution in [2.75, 3.05) is 13.1 Å². The smallest absolute Gasteiger partial charge is 0.348 e. The first kappa shape index (κ1) is 20.0. The van der Waals surface area contributed by atoms with Gasteiger partial charge in [-0.05, 0) is 44.3 Å². The van der Waals surface area contributed by atoms with Gasteiger partial charge in [-0.3, -0.25) is 4.90 Å². The zero-order valence-electron chi connectivity index (χ0n) is 15.3. The number of likely N-dealkylation sites (tertiary alicyclic amines) is 1. The molecule has 0 radical (unpaired) electrons. The van der Waals surface area contributed by atoms with Gasteiger partial charge in [0.2, 0.25) is 0 Å². The largest absolute Gasteiger partial charge is 0.357 e. The minimum atomic E-state index is -1.04. The van der Waals surface area contributed by atoms with E-state index in [1.54, 1.807) is 5.56 Å². The minimum Gasteiger partial charge on any atom is -0.348 e. The summed E-state index contributed by atoms with van der Waals surface area (Å²) in [4.78, 5) is 22.1. The van der Waals surface area contributed by atoms with Crippen LogP contribution in [0.3, 0.4) is 0 Å². The van der Waals surface area contributed by atoms with E-state index in [1.165, 1.54) is 64.5 Å². The summed E-state index contributed by atoms with van der Waals surface area (Å²) in [5.74, 6) is 0. The predicted octanol–water partition coefficient (Wildman–Crippen LogP) is 3.93. The molecule has 1 heterocycles. The molecule has 0 aromatic heterocycles. The van der Waals surface area contributed by atoms with Crippen LogP contribution in [-0.2, 0) is 5.54 Å². The fraction of sp³-hybridized carbons (Fsp3) is 0.579. The van der Waals surface area contributed by atoms with Gasteiger partial charge in [0.15, 0.2) is 0 Å². The Hall–Kier alpha value is -2.28. The topological polar surface area (TPSA) is 114 Å². The van der Waals surface area contributed by atoms with Crippen LogP contribution in [0.5, 0.6) is 0 Å². The molecule has 142 valence electrons. The van der Waals surface area contributed by atoms with Crippen molar-refractivity contribution in [3.63, 3.8) is 0 Å². The van der Waals surface area contributed by atoms with E-state index in [0.717, 1.165) is 0 Å².